The molecule has 1 aliphatic rings. The number of carbonyl (C=O) groups is 2. The monoisotopic (exact) mass is 502 g/mol. The topological polar surface area (TPSA) is 191 Å². The maximum atomic E-state index is 12.9. The highest BCUT2D eigenvalue weighted by Crippen LogP contribution is 2.24. The van der Waals surface area contributed by atoms with Crippen LogP contribution in [0.2, 0.25) is 0 Å². The highest BCUT2D eigenvalue weighted by molar-refractivity contribution is 6.05. The molecule has 0 bridgehead atoms. The Morgan fingerprint density at radius 1 is 1.24 bits per heavy atom. The van der Waals surface area contributed by atoms with Gasteiger partial charge in [-0.3, -0.25) is 9.59 Å². The number of nitrogen functional groups attached to an aromatic ring is 1. The van der Waals surface area contributed by atoms with Gasteiger partial charge in [0.1, 0.15) is 0 Å². The van der Waals surface area contributed by atoms with Gasteiger partial charge in [0.25, 0.3) is 12.4 Å². The molecule has 1 saturated heterocycles. The lowest BCUT2D eigenvalue weighted by atomic mass is 10.1. The van der Waals surface area contributed by atoms with Gasteiger partial charge in [0, 0.05) is 35.6 Å². The van der Waals surface area contributed by atoms with Crippen molar-refractivity contribution in [1.82, 2.24) is 35.0 Å². The van der Waals surface area contributed by atoms with Crippen LogP contribution in [0, 0.1) is 11.8 Å². The van der Waals surface area contributed by atoms with E-state index < -0.39 is 5.60 Å². The Hall–Kier alpha value is -4.93. The van der Waals surface area contributed by atoms with E-state index >= 15 is 0 Å². The zero-order chi connectivity index (χ0) is 26.4. The van der Waals surface area contributed by atoms with Gasteiger partial charge in [-0.1, -0.05) is 11.8 Å². The zero-order valence-electron chi connectivity index (χ0n) is 19.6. The Morgan fingerprint density at radius 2 is 1.97 bits per heavy atom. The molecule has 13 nitrogen and oxygen atoms in total. The largest absolute Gasteiger partial charge is 0.483 e. The summed E-state index contributed by atoms with van der Waals surface area (Å²) in [5.74, 6) is 6.13. The number of nitrogens with two attached hydrogens (primary N) is 1. The van der Waals surface area contributed by atoms with Gasteiger partial charge in [-0.05, 0) is 31.2 Å². The highest BCUT2D eigenvalue weighted by Gasteiger charge is 2.26. The van der Waals surface area contributed by atoms with Crippen molar-refractivity contribution in [2.24, 2.45) is 0 Å². The minimum atomic E-state index is -1.55. The van der Waals surface area contributed by atoms with Crippen LogP contribution in [0.1, 0.15) is 28.8 Å². The second-order valence-electron chi connectivity index (χ2n) is 7.97. The van der Waals surface area contributed by atoms with Crippen molar-refractivity contribution in [3.8, 4) is 17.7 Å². The molecule has 5 rings (SSSR count). The summed E-state index contributed by atoms with van der Waals surface area (Å²) in [4.78, 5) is 37.6. The van der Waals surface area contributed by atoms with Gasteiger partial charge >= 0.3 is 0 Å². The Balaban J connectivity index is 0.00000102. The van der Waals surface area contributed by atoms with Gasteiger partial charge < -0.3 is 26.0 Å². The van der Waals surface area contributed by atoms with Crippen LogP contribution in [-0.4, -0.2) is 71.6 Å². The van der Waals surface area contributed by atoms with Gasteiger partial charge in [0.2, 0.25) is 5.95 Å². The van der Waals surface area contributed by atoms with E-state index in [9.17, 15) is 9.90 Å². The van der Waals surface area contributed by atoms with Crippen LogP contribution in [0.3, 0.4) is 0 Å². The summed E-state index contributed by atoms with van der Waals surface area (Å²) in [5, 5.41) is 25.6. The number of carboxylic acid groups (broad SMARTS) is 1. The minimum Gasteiger partial charge on any atom is -0.483 e. The molecule has 0 aliphatic carbocycles. The number of hydrogen-bond donors (Lipinski definition) is 4. The van der Waals surface area contributed by atoms with Crippen molar-refractivity contribution in [1.29, 1.82) is 0 Å². The summed E-state index contributed by atoms with van der Waals surface area (Å²) < 4.78 is 6.65. The molecule has 1 unspecified atom stereocenters. The molecule has 3 aromatic heterocycles. The predicted molar refractivity (Wildman–Crippen MR) is 130 cm³/mol. The maximum Gasteiger partial charge on any atom is 0.290 e. The number of benzene rings is 1. The van der Waals surface area contributed by atoms with Crippen LogP contribution < -0.4 is 11.1 Å². The molecule has 1 aromatic carbocycles. The number of carbonyl (C=O) groups excluding carboxylic acids is 1. The molecule has 1 amide bonds. The number of nitrogens with one attached hydrogen (secondary N) is 1. The molecule has 1 aliphatic heterocycles. The predicted octanol–water partition coefficient (Wildman–Crippen LogP) is 0.276. The lowest BCUT2D eigenvalue weighted by Gasteiger charge is -2.26. The lowest BCUT2D eigenvalue weighted by Crippen LogP contribution is -2.48. The molecule has 0 saturated carbocycles. The van der Waals surface area contributed by atoms with E-state index in [1.54, 1.807) is 42.7 Å². The third kappa shape index (κ3) is 5.67. The number of aliphatic hydroxyl groups is 1. The Kier molecular flexibility index (Phi) is 7.33. The Bertz CT molecular complexity index is 1490. The van der Waals surface area contributed by atoms with Gasteiger partial charge in [0.05, 0.1) is 24.8 Å². The van der Waals surface area contributed by atoms with Crippen LogP contribution >= 0.6 is 0 Å². The average Bonchev–Trinajstić information content (AvgIpc) is 3.25. The first-order chi connectivity index (χ1) is 17.8. The molecule has 4 heterocycles. The van der Waals surface area contributed by atoms with Crippen molar-refractivity contribution in [2.45, 2.75) is 18.6 Å². The number of ether oxygens (including phenoxy) is 1. The Morgan fingerprint density at radius 3 is 2.62 bits per heavy atom. The van der Waals surface area contributed by atoms with Crippen molar-refractivity contribution in [3.63, 3.8) is 0 Å². The molecule has 0 radical (unpaired) electrons. The normalized spacial score (nSPS) is 14.2. The maximum absolute atomic E-state index is 12.9. The van der Waals surface area contributed by atoms with Crippen molar-refractivity contribution in [2.75, 3.05) is 18.9 Å². The van der Waals surface area contributed by atoms with E-state index in [0.717, 1.165) is 0 Å². The first-order valence-corrected chi connectivity index (χ1v) is 10.9. The van der Waals surface area contributed by atoms with E-state index in [0.29, 0.717) is 35.5 Å². The number of anilines is 1. The third-order valence-corrected chi connectivity index (χ3v) is 5.20. The molecule has 188 valence electrons. The third-order valence-electron chi connectivity index (χ3n) is 5.20. The number of fused-ring (bicyclic) bond motifs is 1. The Labute approximate surface area is 210 Å². The lowest BCUT2D eigenvalue weighted by molar-refractivity contribution is -0.122. The van der Waals surface area contributed by atoms with Crippen LogP contribution in [0.4, 0.5) is 5.95 Å². The smallest absolute Gasteiger partial charge is 0.290 e. The SMILES string of the molecule is CC(O)(C#Cc1ccc2c(C(=O)NC3COC3)nn(-c3ccnc(N)n3)c2c1)c1ncccn1.O=CO. The van der Waals surface area contributed by atoms with Crippen molar-refractivity contribution < 1.29 is 24.5 Å². The number of hydrogen-bond acceptors (Lipinski definition) is 10. The number of rotatable bonds is 4. The van der Waals surface area contributed by atoms with Crippen molar-refractivity contribution >= 4 is 29.2 Å². The second kappa shape index (κ2) is 10.8. The molecule has 1 fully saturated rings. The van der Waals surface area contributed by atoms with Crippen molar-refractivity contribution in [3.05, 3.63) is 66.0 Å². The van der Waals surface area contributed by atoms with Crippen LogP contribution in [0.15, 0.2) is 48.9 Å². The number of amides is 1. The van der Waals surface area contributed by atoms with E-state index in [2.05, 4.69) is 42.2 Å². The first-order valence-electron chi connectivity index (χ1n) is 10.9. The number of aromatic nitrogens is 6. The first kappa shape index (κ1) is 25.2. The quantitative estimate of drug-likeness (QED) is 0.221. The molecular formula is C24H22N8O5. The van der Waals surface area contributed by atoms with E-state index in [1.807, 2.05) is 0 Å². The fraction of sp³-hybridized carbons (Fsp3) is 0.208. The fourth-order valence-corrected chi connectivity index (χ4v) is 3.39. The zero-order valence-corrected chi connectivity index (χ0v) is 19.6. The molecular weight excluding hydrogens is 480 g/mol. The summed E-state index contributed by atoms with van der Waals surface area (Å²) in [7, 11) is 0. The van der Waals surface area contributed by atoms with E-state index in [4.69, 9.17) is 20.4 Å². The standard InChI is InChI=1S/C23H20N8O3.CH2O2/c1-23(33,21-25-8-2-9-26-21)7-5-14-3-4-16-17(11-14)31(18-6-10-27-22(24)29-18)30-19(16)20(32)28-15-12-34-13-15;2-1-3/h2-4,6,8-11,15,33H,12-13H2,1H3,(H,28,32)(H2,24,27,29);1H,(H,2,3). The average molecular weight is 502 g/mol. The molecule has 4 aromatic rings. The summed E-state index contributed by atoms with van der Waals surface area (Å²) >= 11 is 0. The van der Waals surface area contributed by atoms with Crippen LogP contribution in [-0.2, 0) is 15.1 Å². The molecule has 37 heavy (non-hydrogen) atoms. The van der Waals surface area contributed by atoms with Crippen LogP contribution in [0.25, 0.3) is 16.7 Å². The minimum absolute atomic E-state index is 0.0463. The summed E-state index contributed by atoms with van der Waals surface area (Å²) in [6.07, 6.45) is 4.59. The fourth-order valence-electron chi connectivity index (χ4n) is 3.39. The second-order valence-corrected chi connectivity index (χ2v) is 7.97. The number of nitrogens with zero attached hydrogens (tertiary/aromatic N) is 6. The van der Waals surface area contributed by atoms with Gasteiger partial charge in [-0.15, -0.1) is 0 Å². The molecule has 13 heteroatoms. The van der Waals surface area contributed by atoms with E-state index in [1.165, 1.54) is 17.8 Å². The van der Waals surface area contributed by atoms with Gasteiger partial charge in [0.15, 0.2) is 22.9 Å². The van der Waals surface area contributed by atoms with E-state index in [-0.39, 0.29) is 35.9 Å². The van der Waals surface area contributed by atoms with Gasteiger partial charge in [-0.25, -0.2) is 19.6 Å². The summed E-state index contributed by atoms with van der Waals surface area (Å²) in [5.41, 5.74) is 5.63. The summed E-state index contributed by atoms with van der Waals surface area (Å²) in [6, 6.07) is 8.52. The highest BCUT2D eigenvalue weighted by atomic mass is 16.5. The van der Waals surface area contributed by atoms with Crippen LogP contribution in [0.5, 0.6) is 0 Å². The molecule has 5 N–H and O–H groups in total. The van der Waals surface area contributed by atoms with Gasteiger partial charge in [-0.2, -0.15) is 10.1 Å². The molecule has 1 atom stereocenters. The summed E-state index contributed by atoms with van der Waals surface area (Å²) in [6.45, 7) is 2.21. The molecule has 0 spiro atoms.